The van der Waals surface area contributed by atoms with Gasteiger partial charge in [0.25, 0.3) is 5.91 Å². The van der Waals surface area contributed by atoms with Crippen LogP contribution in [0.4, 0.5) is 11.5 Å². The Kier molecular flexibility index (Phi) is 6.83. The number of carbonyl (C=O) groups is 3. The lowest BCUT2D eigenvalue weighted by molar-refractivity contribution is -0.147. The highest BCUT2D eigenvalue weighted by Crippen LogP contribution is 2.27. The molecule has 2 amide bonds. The van der Waals surface area contributed by atoms with E-state index in [0.717, 1.165) is 22.4 Å². The fourth-order valence-electron chi connectivity index (χ4n) is 3.88. The number of aryl methyl sites for hydroxylation is 1. The zero-order valence-electron chi connectivity index (χ0n) is 18.4. The molecular formula is C25H26N4O4. The monoisotopic (exact) mass is 446 g/mol. The van der Waals surface area contributed by atoms with Gasteiger partial charge < -0.3 is 15.4 Å². The van der Waals surface area contributed by atoms with Gasteiger partial charge in [-0.15, -0.1) is 0 Å². The zero-order chi connectivity index (χ0) is 23.2. The number of nitrogens with zero attached hydrogens (tertiary/aromatic N) is 2. The standard InChI is InChI=1S/C25H26N4O4/c1-17-5-4-6-18(13-17)15-29-22(11-12-26-29)28-23(30)16-33-24(31)10-9-20-14-19-7-2-3-8-21(19)27-25(20)32/h2-8,11-13,20H,9-10,14-16H2,1H3,(H,27,32)(H,28,30). The van der Waals surface area contributed by atoms with Gasteiger partial charge in [-0.3, -0.25) is 14.4 Å². The van der Waals surface area contributed by atoms with Crippen LogP contribution in [-0.4, -0.2) is 34.2 Å². The average Bonchev–Trinajstić information content (AvgIpc) is 3.22. The highest BCUT2D eigenvalue weighted by Gasteiger charge is 2.26. The van der Waals surface area contributed by atoms with Crippen molar-refractivity contribution >= 4 is 29.3 Å². The van der Waals surface area contributed by atoms with Gasteiger partial charge in [0.15, 0.2) is 6.61 Å². The van der Waals surface area contributed by atoms with Crippen LogP contribution < -0.4 is 10.6 Å². The maximum Gasteiger partial charge on any atom is 0.306 e. The van der Waals surface area contributed by atoms with Crippen LogP contribution in [0.15, 0.2) is 60.8 Å². The van der Waals surface area contributed by atoms with Crippen molar-refractivity contribution in [3.8, 4) is 0 Å². The minimum atomic E-state index is -0.509. The van der Waals surface area contributed by atoms with E-state index >= 15 is 0 Å². The average molecular weight is 447 g/mol. The SMILES string of the molecule is Cc1cccc(Cn2nccc2NC(=O)COC(=O)CCC2Cc3ccccc3NC2=O)c1. The molecule has 0 spiro atoms. The highest BCUT2D eigenvalue weighted by atomic mass is 16.5. The summed E-state index contributed by atoms with van der Waals surface area (Å²) < 4.78 is 6.78. The molecule has 1 unspecified atom stereocenters. The molecule has 2 aromatic carbocycles. The molecule has 0 saturated carbocycles. The first-order chi connectivity index (χ1) is 16.0. The van der Waals surface area contributed by atoms with Gasteiger partial charge in [0, 0.05) is 24.1 Å². The van der Waals surface area contributed by atoms with Crippen molar-refractivity contribution in [2.45, 2.75) is 32.7 Å². The Hall–Kier alpha value is -3.94. The van der Waals surface area contributed by atoms with Gasteiger partial charge in [-0.1, -0.05) is 48.0 Å². The summed E-state index contributed by atoms with van der Waals surface area (Å²) in [6.45, 7) is 2.13. The fourth-order valence-corrected chi connectivity index (χ4v) is 3.88. The van der Waals surface area contributed by atoms with E-state index in [1.165, 1.54) is 0 Å². The molecule has 1 aliphatic heterocycles. The molecule has 4 rings (SSSR count). The van der Waals surface area contributed by atoms with Crippen molar-refractivity contribution < 1.29 is 19.1 Å². The number of hydrogen-bond acceptors (Lipinski definition) is 5. The molecule has 3 aromatic rings. The summed E-state index contributed by atoms with van der Waals surface area (Å²) in [7, 11) is 0. The van der Waals surface area contributed by atoms with E-state index < -0.39 is 18.5 Å². The molecule has 8 nitrogen and oxygen atoms in total. The van der Waals surface area contributed by atoms with Gasteiger partial charge in [-0.05, 0) is 37.0 Å². The topological polar surface area (TPSA) is 102 Å². The van der Waals surface area contributed by atoms with Gasteiger partial charge in [-0.25, -0.2) is 4.68 Å². The lowest BCUT2D eigenvalue weighted by atomic mass is 9.90. The van der Waals surface area contributed by atoms with Gasteiger partial charge >= 0.3 is 5.97 Å². The summed E-state index contributed by atoms with van der Waals surface area (Å²) in [6, 6.07) is 17.4. The largest absolute Gasteiger partial charge is 0.456 e. The number of amides is 2. The molecular weight excluding hydrogens is 420 g/mol. The second-order valence-corrected chi connectivity index (χ2v) is 8.16. The molecule has 2 heterocycles. The normalized spacial score (nSPS) is 14.8. The molecule has 1 aromatic heterocycles. The first-order valence-corrected chi connectivity index (χ1v) is 10.9. The van der Waals surface area contributed by atoms with Crippen molar-refractivity contribution in [2.75, 3.05) is 17.2 Å². The first-order valence-electron chi connectivity index (χ1n) is 10.9. The van der Waals surface area contributed by atoms with Crippen LogP contribution in [-0.2, 0) is 32.1 Å². The van der Waals surface area contributed by atoms with Gasteiger partial charge in [0.1, 0.15) is 5.82 Å². The Morgan fingerprint density at radius 2 is 2.03 bits per heavy atom. The number of esters is 1. The first kappa shape index (κ1) is 22.3. The number of fused-ring (bicyclic) bond motifs is 1. The third-order valence-electron chi connectivity index (χ3n) is 5.57. The minimum absolute atomic E-state index is 0.0683. The number of carbonyl (C=O) groups excluding carboxylic acids is 3. The van der Waals surface area contributed by atoms with Crippen molar-refractivity contribution in [3.63, 3.8) is 0 Å². The third kappa shape index (κ3) is 5.85. The summed E-state index contributed by atoms with van der Waals surface area (Å²) >= 11 is 0. The van der Waals surface area contributed by atoms with Crippen molar-refractivity contribution in [2.24, 2.45) is 5.92 Å². The number of anilines is 2. The molecule has 1 atom stereocenters. The van der Waals surface area contributed by atoms with Gasteiger partial charge in [0.05, 0.1) is 12.7 Å². The van der Waals surface area contributed by atoms with Crippen LogP contribution in [0.2, 0.25) is 0 Å². The lowest BCUT2D eigenvalue weighted by Gasteiger charge is -2.24. The molecule has 0 saturated heterocycles. The van der Waals surface area contributed by atoms with Gasteiger partial charge in [0.2, 0.25) is 5.91 Å². The summed E-state index contributed by atoms with van der Waals surface area (Å²) in [5, 5.41) is 9.85. The fraction of sp³-hybridized carbons (Fsp3) is 0.280. The predicted octanol–water partition coefficient (Wildman–Crippen LogP) is 3.31. The zero-order valence-corrected chi connectivity index (χ0v) is 18.4. The van der Waals surface area contributed by atoms with Crippen LogP contribution in [0.3, 0.4) is 0 Å². The molecule has 8 heteroatoms. The van der Waals surface area contributed by atoms with E-state index in [0.29, 0.717) is 25.2 Å². The Morgan fingerprint density at radius 3 is 2.88 bits per heavy atom. The lowest BCUT2D eigenvalue weighted by Crippen LogP contribution is -2.30. The molecule has 0 bridgehead atoms. The Balaban J connectivity index is 1.22. The highest BCUT2D eigenvalue weighted by molar-refractivity contribution is 5.96. The molecule has 1 aliphatic rings. The summed E-state index contributed by atoms with van der Waals surface area (Å²) in [6.07, 6.45) is 2.62. The van der Waals surface area contributed by atoms with E-state index in [2.05, 4.69) is 21.8 Å². The molecule has 0 aliphatic carbocycles. The Morgan fingerprint density at radius 1 is 1.18 bits per heavy atom. The number of benzene rings is 2. The van der Waals surface area contributed by atoms with E-state index in [1.807, 2.05) is 49.4 Å². The number of ether oxygens (including phenoxy) is 1. The van der Waals surface area contributed by atoms with Crippen LogP contribution in [0, 0.1) is 12.8 Å². The number of rotatable bonds is 8. The van der Waals surface area contributed by atoms with Gasteiger partial charge in [-0.2, -0.15) is 5.10 Å². The van der Waals surface area contributed by atoms with Crippen LogP contribution in [0.1, 0.15) is 29.5 Å². The number of para-hydroxylation sites is 1. The molecule has 2 N–H and O–H groups in total. The second-order valence-electron chi connectivity index (χ2n) is 8.16. The van der Waals surface area contributed by atoms with E-state index in [9.17, 15) is 14.4 Å². The van der Waals surface area contributed by atoms with Crippen LogP contribution >= 0.6 is 0 Å². The summed E-state index contributed by atoms with van der Waals surface area (Å²) in [5.74, 6) is -0.822. The molecule has 0 radical (unpaired) electrons. The Labute approximate surface area is 191 Å². The van der Waals surface area contributed by atoms with Crippen molar-refractivity contribution in [3.05, 3.63) is 77.5 Å². The van der Waals surface area contributed by atoms with E-state index in [4.69, 9.17) is 4.74 Å². The smallest absolute Gasteiger partial charge is 0.306 e. The molecule has 170 valence electrons. The Bertz CT molecular complexity index is 1170. The number of nitrogens with one attached hydrogen (secondary N) is 2. The number of hydrogen-bond donors (Lipinski definition) is 2. The van der Waals surface area contributed by atoms with Crippen molar-refractivity contribution in [1.29, 1.82) is 0 Å². The number of aromatic nitrogens is 2. The van der Waals surface area contributed by atoms with E-state index in [1.54, 1.807) is 16.9 Å². The summed E-state index contributed by atoms with van der Waals surface area (Å²) in [4.78, 5) is 36.7. The minimum Gasteiger partial charge on any atom is -0.456 e. The van der Waals surface area contributed by atoms with E-state index in [-0.39, 0.29) is 18.2 Å². The quantitative estimate of drug-likeness (QED) is 0.517. The maximum absolute atomic E-state index is 12.3. The van der Waals surface area contributed by atoms with Crippen LogP contribution in [0.25, 0.3) is 0 Å². The summed E-state index contributed by atoms with van der Waals surface area (Å²) in [5.41, 5.74) is 4.08. The predicted molar refractivity (Wildman–Crippen MR) is 124 cm³/mol. The second kappa shape index (κ2) is 10.1. The molecule has 0 fully saturated rings. The van der Waals surface area contributed by atoms with Crippen LogP contribution in [0.5, 0.6) is 0 Å². The molecule has 33 heavy (non-hydrogen) atoms. The van der Waals surface area contributed by atoms with Crippen molar-refractivity contribution in [1.82, 2.24) is 9.78 Å². The third-order valence-corrected chi connectivity index (χ3v) is 5.57. The maximum atomic E-state index is 12.3.